The van der Waals surface area contributed by atoms with Gasteiger partial charge in [-0.05, 0) is 38.2 Å². The van der Waals surface area contributed by atoms with Crippen molar-refractivity contribution in [2.75, 3.05) is 31.9 Å². The maximum atomic E-state index is 12.6. The third-order valence-electron chi connectivity index (χ3n) is 5.59. The van der Waals surface area contributed by atoms with Gasteiger partial charge in [0.15, 0.2) is 5.96 Å². The zero-order valence-electron chi connectivity index (χ0n) is 19.1. The Morgan fingerprint density at radius 3 is 2.39 bits per heavy atom. The Bertz CT molecular complexity index is 690. The highest BCUT2D eigenvalue weighted by molar-refractivity contribution is 14.0. The first-order valence-electron chi connectivity index (χ1n) is 11.3. The van der Waals surface area contributed by atoms with Crippen LogP contribution in [0.2, 0.25) is 0 Å². The molecule has 0 bridgehead atoms. The van der Waals surface area contributed by atoms with E-state index in [1.165, 1.54) is 0 Å². The smallest absolute Gasteiger partial charge is 0.225 e. The highest BCUT2D eigenvalue weighted by atomic mass is 127. The van der Waals surface area contributed by atoms with Gasteiger partial charge in [-0.2, -0.15) is 0 Å². The number of nitrogens with zero attached hydrogens (tertiary/aromatic N) is 2. The minimum absolute atomic E-state index is 0. The zero-order valence-corrected chi connectivity index (χ0v) is 22.3. The first-order valence-corrected chi connectivity index (χ1v) is 12.8. The summed E-state index contributed by atoms with van der Waals surface area (Å²) in [7, 11) is -0.921. The van der Waals surface area contributed by atoms with Crippen molar-refractivity contribution in [3.63, 3.8) is 0 Å². The fourth-order valence-corrected chi connectivity index (χ4v) is 4.75. The molecule has 1 aliphatic heterocycles. The predicted molar refractivity (Wildman–Crippen MR) is 141 cm³/mol. The van der Waals surface area contributed by atoms with Crippen molar-refractivity contribution in [3.8, 4) is 0 Å². The van der Waals surface area contributed by atoms with Crippen LogP contribution in [0.3, 0.4) is 0 Å². The summed E-state index contributed by atoms with van der Waals surface area (Å²) >= 11 is 0. The molecular weight excluding hydrogens is 523 g/mol. The van der Waals surface area contributed by atoms with Crippen molar-refractivity contribution in [3.05, 3.63) is 35.9 Å². The number of piperidine rings is 1. The molecule has 1 aliphatic rings. The number of halogens is 1. The number of carbonyl (C=O) groups excluding carboxylic acids is 1. The lowest BCUT2D eigenvalue weighted by Gasteiger charge is -2.34. The number of rotatable bonds is 10. The van der Waals surface area contributed by atoms with Crippen LogP contribution < -0.4 is 10.6 Å². The molecule has 1 amide bonds. The summed E-state index contributed by atoms with van der Waals surface area (Å²) in [6.45, 7) is 9.13. The minimum atomic E-state index is -0.921. The highest BCUT2D eigenvalue weighted by Crippen LogP contribution is 2.17. The number of carbonyl (C=O) groups is 1. The van der Waals surface area contributed by atoms with Crippen LogP contribution in [-0.4, -0.2) is 58.9 Å². The van der Waals surface area contributed by atoms with E-state index in [2.05, 4.69) is 29.5 Å². The lowest BCUT2D eigenvalue weighted by molar-refractivity contribution is -0.136. The van der Waals surface area contributed by atoms with Crippen molar-refractivity contribution in [2.24, 2.45) is 10.9 Å². The molecule has 2 N–H and O–H groups in total. The quantitative estimate of drug-likeness (QED) is 0.260. The van der Waals surface area contributed by atoms with Crippen molar-refractivity contribution >= 4 is 46.6 Å². The van der Waals surface area contributed by atoms with Crippen LogP contribution >= 0.6 is 24.0 Å². The summed E-state index contributed by atoms with van der Waals surface area (Å²) in [5.41, 5.74) is 1.10. The molecule has 0 aliphatic carbocycles. The Labute approximate surface area is 207 Å². The SMILES string of the molecule is CCNC(=NCCS(=O)Cc1ccccc1)NC1CCN(C(=O)C(CC)CC)CC1.I. The Morgan fingerprint density at radius 1 is 1.16 bits per heavy atom. The van der Waals surface area contributed by atoms with Gasteiger partial charge in [-0.25, -0.2) is 0 Å². The van der Waals surface area contributed by atoms with Crippen LogP contribution in [0.4, 0.5) is 0 Å². The van der Waals surface area contributed by atoms with E-state index in [9.17, 15) is 9.00 Å². The second kappa shape index (κ2) is 15.6. The number of benzene rings is 1. The van der Waals surface area contributed by atoms with Crippen molar-refractivity contribution < 1.29 is 9.00 Å². The number of aliphatic imine (C=N–C) groups is 1. The van der Waals surface area contributed by atoms with Crippen molar-refractivity contribution in [2.45, 2.75) is 58.2 Å². The molecule has 0 spiro atoms. The second-order valence-electron chi connectivity index (χ2n) is 7.79. The molecule has 1 heterocycles. The van der Waals surface area contributed by atoms with Gasteiger partial charge in [-0.3, -0.25) is 14.0 Å². The van der Waals surface area contributed by atoms with Crippen LogP contribution in [0, 0.1) is 5.92 Å². The number of hydrogen-bond donors (Lipinski definition) is 2. The minimum Gasteiger partial charge on any atom is -0.357 e. The Balaban J connectivity index is 0.00000480. The molecule has 1 aromatic carbocycles. The van der Waals surface area contributed by atoms with Gasteiger partial charge in [0.1, 0.15) is 0 Å². The largest absolute Gasteiger partial charge is 0.357 e. The average molecular weight is 563 g/mol. The number of nitrogens with one attached hydrogen (secondary N) is 2. The summed E-state index contributed by atoms with van der Waals surface area (Å²) < 4.78 is 12.3. The van der Waals surface area contributed by atoms with E-state index >= 15 is 0 Å². The predicted octanol–water partition coefficient (Wildman–Crippen LogP) is 3.54. The molecule has 1 fully saturated rings. The molecule has 1 saturated heterocycles. The van der Waals surface area contributed by atoms with Gasteiger partial charge in [0, 0.05) is 53.9 Å². The van der Waals surface area contributed by atoms with E-state index < -0.39 is 10.8 Å². The van der Waals surface area contributed by atoms with Crippen molar-refractivity contribution in [1.29, 1.82) is 0 Å². The summed E-state index contributed by atoms with van der Waals surface area (Å²) in [4.78, 5) is 19.2. The van der Waals surface area contributed by atoms with E-state index in [1.54, 1.807) is 0 Å². The number of guanidine groups is 1. The number of amides is 1. The zero-order chi connectivity index (χ0) is 21.8. The van der Waals surface area contributed by atoms with Gasteiger partial charge >= 0.3 is 0 Å². The first kappa shape index (κ1) is 27.9. The molecule has 0 radical (unpaired) electrons. The van der Waals surface area contributed by atoms with E-state index in [-0.39, 0.29) is 29.9 Å². The number of likely N-dealkylation sites (tertiary alicyclic amines) is 1. The molecule has 0 saturated carbocycles. The molecule has 176 valence electrons. The highest BCUT2D eigenvalue weighted by Gasteiger charge is 2.26. The summed E-state index contributed by atoms with van der Waals surface area (Å²) in [6, 6.07) is 10.2. The Hall–Kier alpha value is -1.16. The molecule has 0 aromatic heterocycles. The lowest BCUT2D eigenvalue weighted by Crippen LogP contribution is -2.50. The van der Waals surface area contributed by atoms with Crippen LogP contribution in [0.5, 0.6) is 0 Å². The van der Waals surface area contributed by atoms with Crippen molar-refractivity contribution in [1.82, 2.24) is 15.5 Å². The molecule has 31 heavy (non-hydrogen) atoms. The molecular formula is C23H39IN4O2S. The third-order valence-corrected chi connectivity index (χ3v) is 6.88. The average Bonchev–Trinajstić information content (AvgIpc) is 2.76. The maximum absolute atomic E-state index is 12.6. The van der Waals surface area contributed by atoms with Crippen LogP contribution in [0.15, 0.2) is 35.3 Å². The second-order valence-corrected chi connectivity index (χ2v) is 9.37. The van der Waals surface area contributed by atoms with E-state index in [1.807, 2.05) is 42.2 Å². The van der Waals surface area contributed by atoms with Gasteiger partial charge in [0.05, 0.1) is 6.54 Å². The maximum Gasteiger partial charge on any atom is 0.225 e. The fraction of sp³-hybridized carbons (Fsp3) is 0.652. The molecule has 1 unspecified atom stereocenters. The standard InChI is InChI=1S/C23H38N4O2S.HI/c1-4-20(5-2)22(28)27-15-12-21(13-16-27)26-23(24-6-3)25-14-17-30(29)18-19-10-8-7-9-11-19;/h7-11,20-21H,4-6,12-18H2,1-3H3,(H2,24,25,26);1H. The summed E-state index contributed by atoms with van der Waals surface area (Å²) in [5, 5.41) is 6.78. The van der Waals surface area contributed by atoms with E-state index in [0.717, 1.165) is 56.8 Å². The normalized spacial score (nSPS) is 16.0. The molecule has 1 atom stereocenters. The van der Waals surface area contributed by atoms with Gasteiger partial charge in [-0.15, -0.1) is 24.0 Å². The molecule has 6 nitrogen and oxygen atoms in total. The van der Waals surface area contributed by atoms with Gasteiger partial charge in [0.2, 0.25) is 5.91 Å². The lowest BCUT2D eigenvalue weighted by atomic mass is 9.98. The van der Waals surface area contributed by atoms with E-state index in [0.29, 0.717) is 30.0 Å². The molecule has 2 rings (SSSR count). The topological polar surface area (TPSA) is 73.8 Å². The first-order chi connectivity index (χ1) is 14.6. The van der Waals surface area contributed by atoms with Gasteiger partial charge in [-0.1, -0.05) is 44.2 Å². The number of hydrogen-bond acceptors (Lipinski definition) is 3. The van der Waals surface area contributed by atoms with Crippen LogP contribution in [-0.2, 0) is 21.3 Å². The van der Waals surface area contributed by atoms with E-state index in [4.69, 9.17) is 0 Å². The van der Waals surface area contributed by atoms with Gasteiger partial charge < -0.3 is 15.5 Å². The molecule has 1 aromatic rings. The monoisotopic (exact) mass is 562 g/mol. The summed E-state index contributed by atoms with van der Waals surface area (Å²) in [6.07, 6.45) is 3.68. The summed E-state index contributed by atoms with van der Waals surface area (Å²) in [5.74, 6) is 2.36. The fourth-order valence-electron chi connectivity index (χ4n) is 3.75. The molecule has 8 heteroatoms. The van der Waals surface area contributed by atoms with Crippen LogP contribution in [0.25, 0.3) is 0 Å². The van der Waals surface area contributed by atoms with Crippen LogP contribution in [0.1, 0.15) is 52.0 Å². The third kappa shape index (κ3) is 9.89. The van der Waals surface area contributed by atoms with Gasteiger partial charge in [0.25, 0.3) is 0 Å². The Morgan fingerprint density at radius 2 is 1.81 bits per heavy atom. The Kier molecular flexibility index (Phi) is 14.0.